The Hall–Kier alpha value is -3.39. The lowest BCUT2D eigenvalue weighted by atomic mass is 10.1. The zero-order valence-electron chi connectivity index (χ0n) is 17.6. The van der Waals surface area contributed by atoms with Gasteiger partial charge in [0.2, 0.25) is 0 Å². The van der Waals surface area contributed by atoms with Gasteiger partial charge >= 0.3 is 5.97 Å². The third kappa shape index (κ3) is 4.18. The molecule has 1 unspecified atom stereocenters. The van der Waals surface area contributed by atoms with Crippen LogP contribution in [0.25, 0.3) is 17.0 Å². The van der Waals surface area contributed by atoms with Crippen molar-refractivity contribution in [3.05, 3.63) is 76.6 Å². The Labute approximate surface area is 188 Å². The lowest BCUT2D eigenvalue weighted by Crippen LogP contribution is -2.42. The molecule has 8 heteroatoms. The van der Waals surface area contributed by atoms with E-state index in [-0.39, 0.29) is 17.3 Å². The maximum atomic E-state index is 13.3. The van der Waals surface area contributed by atoms with Crippen LogP contribution in [0.4, 0.5) is 9.18 Å². The van der Waals surface area contributed by atoms with Gasteiger partial charge in [-0.05, 0) is 55.4 Å². The van der Waals surface area contributed by atoms with Gasteiger partial charge in [-0.15, -0.1) is 0 Å². The number of benzene rings is 2. The molecule has 1 aromatic heterocycles. The van der Waals surface area contributed by atoms with Crippen molar-refractivity contribution in [2.45, 2.75) is 26.4 Å². The number of hydrogen-bond acceptors (Lipinski definition) is 5. The molecule has 6 nitrogen and oxygen atoms in total. The summed E-state index contributed by atoms with van der Waals surface area (Å²) in [4.78, 5) is 38.6. The Balaban J connectivity index is 1.67. The Kier molecular flexibility index (Phi) is 6.14. The summed E-state index contributed by atoms with van der Waals surface area (Å²) in [7, 11) is 0. The van der Waals surface area contributed by atoms with E-state index in [1.165, 1.54) is 19.1 Å². The standard InChI is InChI=1S/C24H21FN2O4S/c1-3-31-23(29)15(2)27-22(28)21(32-24(27)30)12-17-14-26(20-7-5-4-6-19(17)20)13-16-8-10-18(25)11-9-16/h4-12,14-15H,3,13H2,1-2H3. The third-order valence-corrected chi connectivity index (χ3v) is 6.09. The van der Waals surface area contributed by atoms with Crippen molar-refractivity contribution >= 4 is 45.9 Å². The van der Waals surface area contributed by atoms with Crippen molar-refractivity contribution in [3.63, 3.8) is 0 Å². The number of aromatic nitrogens is 1. The molecule has 0 spiro atoms. The summed E-state index contributed by atoms with van der Waals surface area (Å²) >= 11 is 0.804. The second kappa shape index (κ2) is 9.00. The number of carbonyl (C=O) groups excluding carboxylic acids is 3. The van der Waals surface area contributed by atoms with Crippen LogP contribution in [0.15, 0.2) is 59.6 Å². The molecule has 1 aliphatic heterocycles. The smallest absolute Gasteiger partial charge is 0.329 e. The first-order chi connectivity index (χ1) is 15.4. The summed E-state index contributed by atoms with van der Waals surface area (Å²) in [5, 5.41) is 0.414. The third-order valence-electron chi connectivity index (χ3n) is 5.21. The Morgan fingerprint density at radius 1 is 1.16 bits per heavy atom. The molecule has 2 amide bonds. The van der Waals surface area contributed by atoms with E-state index in [0.717, 1.165) is 38.7 Å². The molecule has 4 rings (SSSR count). The van der Waals surface area contributed by atoms with Crippen molar-refractivity contribution in [1.82, 2.24) is 9.47 Å². The molecular formula is C24H21FN2O4S. The molecule has 1 saturated heterocycles. The highest BCUT2D eigenvalue weighted by Gasteiger charge is 2.41. The summed E-state index contributed by atoms with van der Waals surface area (Å²) < 4.78 is 20.2. The van der Waals surface area contributed by atoms with Crippen molar-refractivity contribution in [3.8, 4) is 0 Å². The van der Waals surface area contributed by atoms with E-state index in [1.807, 2.05) is 35.0 Å². The van der Waals surface area contributed by atoms with Crippen LogP contribution < -0.4 is 0 Å². The maximum Gasteiger partial charge on any atom is 0.329 e. The summed E-state index contributed by atoms with van der Waals surface area (Å²) in [6, 6.07) is 13.0. The molecule has 2 heterocycles. The molecule has 0 bridgehead atoms. The van der Waals surface area contributed by atoms with Gasteiger partial charge in [-0.1, -0.05) is 30.3 Å². The molecule has 32 heavy (non-hydrogen) atoms. The van der Waals surface area contributed by atoms with Crippen LogP contribution >= 0.6 is 11.8 Å². The largest absolute Gasteiger partial charge is 0.464 e. The van der Waals surface area contributed by atoms with Crippen LogP contribution in [0.3, 0.4) is 0 Å². The van der Waals surface area contributed by atoms with Crippen molar-refractivity contribution in [1.29, 1.82) is 0 Å². The minimum absolute atomic E-state index is 0.169. The van der Waals surface area contributed by atoms with Crippen LogP contribution in [0, 0.1) is 5.82 Å². The number of thioether (sulfide) groups is 1. The lowest BCUT2D eigenvalue weighted by Gasteiger charge is -2.19. The van der Waals surface area contributed by atoms with Crippen LogP contribution in [0.5, 0.6) is 0 Å². The number of para-hydroxylation sites is 1. The molecule has 0 radical (unpaired) electrons. The van der Waals surface area contributed by atoms with E-state index in [2.05, 4.69) is 0 Å². The van der Waals surface area contributed by atoms with Gasteiger partial charge in [-0.3, -0.25) is 14.5 Å². The fourth-order valence-corrected chi connectivity index (χ4v) is 4.53. The number of hydrogen-bond donors (Lipinski definition) is 0. The highest BCUT2D eigenvalue weighted by atomic mass is 32.2. The van der Waals surface area contributed by atoms with E-state index in [1.54, 1.807) is 25.1 Å². The first kappa shape index (κ1) is 21.8. The van der Waals surface area contributed by atoms with E-state index in [4.69, 9.17) is 4.74 Å². The van der Waals surface area contributed by atoms with Gasteiger partial charge in [0.25, 0.3) is 11.1 Å². The van der Waals surface area contributed by atoms with Crippen LogP contribution in [-0.4, -0.2) is 39.2 Å². The Bertz CT molecular complexity index is 1230. The van der Waals surface area contributed by atoms with Gasteiger partial charge in [0.05, 0.1) is 11.5 Å². The number of carbonyl (C=O) groups is 3. The van der Waals surface area contributed by atoms with Crippen molar-refractivity contribution in [2.24, 2.45) is 0 Å². The van der Waals surface area contributed by atoms with Crippen LogP contribution in [0.2, 0.25) is 0 Å². The number of amides is 2. The monoisotopic (exact) mass is 452 g/mol. The maximum absolute atomic E-state index is 13.3. The zero-order chi connectivity index (χ0) is 22.8. The SMILES string of the molecule is CCOC(=O)C(C)N1C(=O)SC(=Cc2cn(Cc3ccc(F)cc3)c3ccccc23)C1=O. The van der Waals surface area contributed by atoms with Gasteiger partial charge in [-0.25, -0.2) is 9.18 Å². The van der Waals surface area contributed by atoms with E-state index < -0.39 is 23.2 Å². The van der Waals surface area contributed by atoms with E-state index in [0.29, 0.717) is 6.54 Å². The summed E-state index contributed by atoms with van der Waals surface area (Å²) in [6.45, 7) is 3.84. The van der Waals surface area contributed by atoms with Crippen molar-refractivity contribution < 1.29 is 23.5 Å². The molecule has 0 N–H and O–H groups in total. The van der Waals surface area contributed by atoms with Gasteiger partial charge in [0.1, 0.15) is 11.9 Å². The molecule has 1 fully saturated rings. The number of rotatable bonds is 6. The van der Waals surface area contributed by atoms with Gasteiger partial charge in [0, 0.05) is 29.2 Å². The lowest BCUT2D eigenvalue weighted by molar-refractivity contribution is -0.150. The fourth-order valence-electron chi connectivity index (χ4n) is 3.63. The van der Waals surface area contributed by atoms with Gasteiger partial charge in [-0.2, -0.15) is 0 Å². The Morgan fingerprint density at radius 2 is 1.88 bits per heavy atom. The second-order valence-corrected chi connectivity index (χ2v) is 8.33. The topological polar surface area (TPSA) is 68.6 Å². The molecule has 164 valence electrons. The number of fused-ring (bicyclic) bond motifs is 1. The predicted molar refractivity (Wildman–Crippen MR) is 121 cm³/mol. The van der Waals surface area contributed by atoms with Crippen LogP contribution in [0.1, 0.15) is 25.0 Å². The molecule has 0 aliphatic carbocycles. The zero-order valence-corrected chi connectivity index (χ0v) is 18.4. The molecule has 3 aromatic rings. The number of esters is 1. The molecule has 1 atom stereocenters. The first-order valence-electron chi connectivity index (χ1n) is 10.1. The molecular weight excluding hydrogens is 431 g/mol. The highest BCUT2D eigenvalue weighted by molar-refractivity contribution is 8.18. The molecule has 2 aromatic carbocycles. The van der Waals surface area contributed by atoms with E-state index >= 15 is 0 Å². The number of ether oxygens (including phenoxy) is 1. The number of imide groups is 1. The molecule has 1 aliphatic rings. The average molecular weight is 453 g/mol. The Morgan fingerprint density at radius 3 is 2.59 bits per heavy atom. The fraction of sp³-hybridized carbons (Fsp3) is 0.208. The second-order valence-electron chi connectivity index (χ2n) is 7.34. The summed E-state index contributed by atoms with van der Waals surface area (Å²) in [5.74, 6) is -1.43. The summed E-state index contributed by atoms with van der Waals surface area (Å²) in [6.07, 6.45) is 3.57. The van der Waals surface area contributed by atoms with Gasteiger partial charge in [0.15, 0.2) is 0 Å². The quantitative estimate of drug-likeness (QED) is 0.396. The minimum atomic E-state index is -0.992. The number of halogens is 1. The van der Waals surface area contributed by atoms with Gasteiger partial charge < -0.3 is 9.30 Å². The van der Waals surface area contributed by atoms with Crippen molar-refractivity contribution in [2.75, 3.05) is 6.61 Å². The highest BCUT2D eigenvalue weighted by Crippen LogP contribution is 2.35. The van der Waals surface area contributed by atoms with E-state index in [9.17, 15) is 18.8 Å². The minimum Gasteiger partial charge on any atom is -0.464 e. The molecule has 0 saturated carbocycles. The summed E-state index contributed by atoms with van der Waals surface area (Å²) in [5.41, 5.74) is 2.65. The average Bonchev–Trinajstić information content (AvgIpc) is 3.26. The first-order valence-corrected chi connectivity index (χ1v) is 11.0. The number of nitrogens with zero attached hydrogens (tertiary/aromatic N) is 2. The normalized spacial score (nSPS) is 16.2. The van der Waals surface area contributed by atoms with Crippen LogP contribution in [-0.2, 0) is 20.9 Å². The predicted octanol–water partition coefficient (Wildman–Crippen LogP) is 4.82.